The molecular weight excluding hydrogens is 981 g/mol. The average molecular weight is 1070 g/mol. The monoisotopic (exact) mass is 1070 g/mol. The summed E-state index contributed by atoms with van der Waals surface area (Å²) in [7, 11) is -21.3. The van der Waals surface area contributed by atoms with Crippen molar-refractivity contribution in [1.82, 2.24) is 18.9 Å². The average Bonchev–Trinajstić information content (AvgIpc) is 3.33. The Morgan fingerprint density at radius 2 is 0.549 bits per heavy atom. The van der Waals surface area contributed by atoms with Gasteiger partial charge in [-0.3, -0.25) is 0 Å². The molecule has 0 amide bonds. The van der Waals surface area contributed by atoms with E-state index in [0.717, 1.165) is 166 Å². The van der Waals surface area contributed by atoms with Gasteiger partial charge in [0.2, 0.25) is 10.0 Å². The zero-order valence-corrected chi connectivity index (χ0v) is 46.0. The Morgan fingerprint density at radius 1 is 0.324 bits per heavy atom. The SMILES string of the molecule is N#CCCCCCCCCCCNS(=O)(=O)c1ccccc1C(S(=O)(=O)NCCCCCCCCCCC#N)(S(=O)(=O)NCCCCCCCCCCC#N)S(=O)(=O)NCCCCCCCCCCC#N. The summed E-state index contributed by atoms with van der Waals surface area (Å²) < 4.78 is 125. The summed E-state index contributed by atoms with van der Waals surface area (Å²) >= 11 is 0. The molecule has 0 aromatic heterocycles. The van der Waals surface area contributed by atoms with Crippen molar-refractivity contribution in [3.8, 4) is 24.3 Å². The quantitative estimate of drug-likeness (QED) is 0.0443. The van der Waals surface area contributed by atoms with E-state index in [1.807, 2.05) is 0 Å². The first-order valence-electron chi connectivity index (χ1n) is 26.8. The molecule has 0 unspecified atom stereocenters. The Balaban J connectivity index is 3.57. The molecule has 0 fully saturated rings. The minimum Gasteiger partial charge on any atom is -0.213 e. The fourth-order valence-electron chi connectivity index (χ4n) is 8.57. The van der Waals surface area contributed by atoms with Gasteiger partial charge in [0, 0.05) is 57.4 Å². The summed E-state index contributed by atoms with van der Waals surface area (Å²) in [6.45, 7) is -0.932. The maximum atomic E-state index is 15.1. The van der Waals surface area contributed by atoms with Crippen molar-refractivity contribution in [3.63, 3.8) is 0 Å². The Labute approximate surface area is 431 Å². The minimum absolute atomic E-state index is 0.0492. The van der Waals surface area contributed by atoms with Crippen molar-refractivity contribution in [3.05, 3.63) is 29.8 Å². The highest BCUT2D eigenvalue weighted by Crippen LogP contribution is 2.43. The van der Waals surface area contributed by atoms with Gasteiger partial charge in [0.05, 0.1) is 29.2 Å². The van der Waals surface area contributed by atoms with Crippen LogP contribution in [0.4, 0.5) is 0 Å². The zero-order valence-electron chi connectivity index (χ0n) is 42.8. The maximum Gasteiger partial charge on any atom is 0.339 e. The second kappa shape index (κ2) is 40.2. The fourth-order valence-corrected chi connectivity index (χ4v) is 17.8. The third-order valence-corrected chi connectivity index (χ3v) is 22.6. The molecule has 20 heteroatoms. The van der Waals surface area contributed by atoms with E-state index in [2.05, 4.69) is 43.2 Å². The van der Waals surface area contributed by atoms with Crippen LogP contribution in [0.5, 0.6) is 0 Å². The van der Waals surface area contributed by atoms with Crippen LogP contribution in [0.1, 0.15) is 237 Å². The number of unbranched alkanes of at least 4 members (excludes halogenated alkanes) is 32. The van der Waals surface area contributed by atoms with Crippen LogP contribution in [0.15, 0.2) is 29.2 Å². The highest BCUT2D eigenvalue weighted by Gasteiger charge is 2.68. The maximum absolute atomic E-state index is 15.1. The molecule has 4 N–H and O–H groups in total. The summed E-state index contributed by atoms with van der Waals surface area (Å²) in [5.41, 5.74) is -0.930. The highest BCUT2D eigenvalue weighted by molar-refractivity contribution is 8.23. The molecule has 0 radical (unpaired) electrons. The lowest BCUT2D eigenvalue weighted by atomic mass is 10.1. The lowest BCUT2D eigenvalue weighted by Gasteiger charge is -2.34. The van der Waals surface area contributed by atoms with Gasteiger partial charge in [0.25, 0.3) is 30.1 Å². The van der Waals surface area contributed by atoms with Gasteiger partial charge in [0.1, 0.15) is 0 Å². The molecule has 404 valence electrons. The predicted molar refractivity (Wildman–Crippen MR) is 283 cm³/mol. The molecule has 0 spiro atoms. The normalized spacial score (nSPS) is 12.3. The van der Waals surface area contributed by atoms with Gasteiger partial charge in [-0.1, -0.05) is 172 Å². The lowest BCUT2D eigenvalue weighted by Crippen LogP contribution is -2.62. The van der Waals surface area contributed by atoms with E-state index in [9.17, 15) is 8.42 Å². The van der Waals surface area contributed by atoms with Crippen molar-refractivity contribution in [2.75, 3.05) is 26.2 Å². The molecule has 0 saturated carbocycles. The van der Waals surface area contributed by atoms with Gasteiger partial charge >= 0.3 is 3.41 Å². The van der Waals surface area contributed by atoms with Crippen LogP contribution >= 0.6 is 0 Å². The standard InChI is InChI=1S/C51H88N8O8S4/c52-41-31-21-13-5-1-9-17-25-35-45-56-68(60,61)50-40-30-29-39-49(50)51(69(62,63)57-46-36-26-18-10-2-6-14-22-32-42-53,70(64,65)58-47-37-27-19-11-3-7-15-23-33-43-54)71(66,67)59-48-38-28-20-12-4-8-16-24-34-44-55/h29-30,39-40,56-59H,1-28,31-38,45-48H2. The van der Waals surface area contributed by atoms with E-state index in [-0.39, 0.29) is 45.4 Å². The summed E-state index contributed by atoms with van der Waals surface area (Å²) in [5, 5.41) is 35.1. The first kappa shape index (κ1) is 65.8. The molecule has 0 atom stereocenters. The Morgan fingerprint density at radius 3 is 0.817 bits per heavy atom. The third-order valence-electron chi connectivity index (χ3n) is 12.6. The number of nitrogens with one attached hydrogen (secondary N) is 4. The van der Waals surface area contributed by atoms with Gasteiger partial charge in [0.15, 0.2) is 0 Å². The summed E-state index contributed by atoms with van der Waals surface area (Å²) in [6.07, 6.45) is 27.2. The van der Waals surface area contributed by atoms with Crippen LogP contribution < -0.4 is 18.9 Å². The van der Waals surface area contributed by atoms with Crippen molar-refractivity contribution in [2.45, 2.75) is 239 Å². The van der Waals surface area contributed by atoms with Crippen LogP contribution in [0.25, 0.3) is 0 Å². The van der Waals surface area contributed by atoms with Crippen molar-refractivity contribution in [1.29, 1.82) is 21.0 Å². The van der Waals surface area contributed by atoms with Crippen molar-refractivity contribution >= 4 is 40.1 Å². The number of nitriles is 4. The molecule has 0 heterocycles. The van der Waals surface area contributed by atoms with Gasteiger partial charge in [-0.05, 0) is 57.4 Å². The fraction of sp³-hybridized carbons (Fsp3) is 0.804. The first-order valence-corrected chi connectivity index (χ1v) is 32.7. The Kier molecular flexibility index (Phi) is 37.3. The second-order valence-corrected chi connectivity index (χ2v) is 26.8. The molecule has 0 saturated heterocycles. The molecule has 71 heavy (non-hydrogen) atoms. The molecule has 16 nitrogen and oxygen atoms in total. The smallest absolute Gasteiger partial charge is 0.213 e. The van der Waals surface area contributed by atoms with E-state index < -0.39 is 54.0 Å². The number of hydrogen-bond acceptors (Lipinski definition) is 12. The first-order chi connectivity index (χ1) is 34.2. The molecule has 1 rings (SSSR count). The highest BCUT2D eigenvalue weighted by atomic mass is 32.3. The van der Waals surface area contributed by atoms with E-state index in [1.54, 1.807) is 0 Å². The van der Waals surface area contributed by atoms with Crippen LogP contribution in [-0.4, -0.2) is 59.9 Å². The summed E-state index contributed by atoms with van der Waals surface area (Å²) in [4.78, 5) is -0.780. The summed E-state index contributed by atoms with van der Waals surface area (Å²) in [6, 6.07) is 13.1. The molecule has 0 bridgehead atoms. The van der Waals surface area contributed by atoms with Crippen molar-refractivity contribution < 1.29 is 33.7 Å². The van der Waals surface area contributed by atoms with E-state index in [0.29, 0.717) is 57.8 Å². The summed E-state index contributed by atoms with van der Waals surface area (Å²) in [5.74, 6) is 0. The van der Waals surface area contributed by atoms with Gasteiger partial charge in [-0.15, -0.1) is 0 Å². The lowest BCUT2D eigenvalue weighted by molar-refractivity contribution is 0.522. The van der Waals surface area contributed by atoms with Crippen LogP contribution in [0.3, 0.4) is 0 Å². The number of nitrogens with zero attached hydrogens (tertiary/aromatic N) is 4. The molecule has 0 aliphatic carbocycles. The molecule has 1 aromatic carbocycles. The number of rotatable bonds is 49. The van der Waals surface area contributed by atoms with Gasteiger partial charge in [-0.25, -0.2) is 52.6 Å². The van der Waals surface area contributed by atoms with E-state index >= 15 is 25.3 Å². The second-order valence-electron chi connectivity index (χ2n) is 18.6. The van der Waals surface area contributed by atoms with Gasteiger partial charge in [-0.2, -0.15) is 21.0 Å². The minimum atomic E-state index is -5.55. The predicted octanol–water partition coefficient (Wildman–Crippen LogP) is 11.0. The van der Waals surface area contributed by atoms with Crippen LogP contribution in [-0.2, 0) is 43.5 Å². The number of sulfonamides is 4. The number of benzene rings is 1. The Hall–Kier alpha value is -3.18. The molecule has 1 aromatic rings. The third kappa shape index (κ3) is 26.6. The number of hydrogen-bond donors (Lipinski definition) is 4. The van der Waals surface area contributed by atoms with E-state index in [1.165, 1.54) is 12.1 Å². The molecule has 0 aliphatic rings. The zero-order chi connectivity index (χ0) is 52.4. The molecular formula is C51H88N8O8S4. The van der Waals surface area contributed by atoms with Crippen molar-refractivity contribution in [2.24, 2.45) is 0 Å². The van der Waals surface area contributed by atoms with Crippen LogP contribution in [0, 0.1) is 45.3 Å². The van der Waals surface area contributed by atoms with Crippen LogP contribution in [0.2, 0.25) is 0 Å². The van der Waals surface area contributed by atoms with Gasteiger partial charge < -0.3 is 0 Å². The van der Waals surface area contributed by atoms with E-state index in [4.69, 9.17) is 21.0 Å². The topological polar surface area (TPSA) is 280 Å². The Bertz CT molecular complexity index is 2040. The largest absolute Gasteiger partial charge is 0.339 e. The molecule has 0 aliphatic heterocycles.